The Morgan fingerprint density at radius 3 is 2.50 bits per heavy atom. The summed E-state index contributed by atoms with van der Waals surface area (Å²) in [4.78, 5) is 36.9. The first kappa shape index (κ1) is 21.2. The number of furan rings is 1. The molecular weight excluding hydrogens is 438 g/mol. The molecule has 0 spiro atoms. The van der Waals surface area contributed by atoms with E-state index < -0.39 is 44.8 Å². The van der Waals surface area contributed by atoms with Crippen LogP contribution in [-0.4, -0.2) is 31.7 Å². The van der Waals surface area contributed by atoms with E-state index in [1.807, 2.05) is 0 Å². The number of nitrogens with zero attached hydrogens (tertiary/aromatic N) is 2. The number of hydrogen-bond donors (Lipinski definition) is 1. The fraction of sp³-hybridized carbons (Fsp3) is 0.143. The first-order valence-electron chi connectivity index (χ1n) is 9.48. The van der Waals surface area contributed by atoms with Crippen molar-refractivity contribution in [3.63, 3.8) is 0 Å². The monoisotopic (exact) mass is 455 g/mol. The molecular formula is C21H17N3O7S. The number of fused-ring (bicyclic) bond motifs is 1. The summed E-state index contributed by atoms with van der Waals surface area (Å²) in [5, 5.41) is 12.1. The molecule has 1 atom stereocenters. The zero-order valence-electron chi connectivity index (χ0n) is 16.5. The maximum Gasteiger partial charge on any atom is 0.269 e. The third-order valence-corrected chi connectivity index (χ3v) is 7.13. The molecule has 1 unspecified atom stereocenters. The normalized spacial score (nSPS) is 17.3. The number of hydrogen-bond acceptors (Lipinski definition) is 7. The van der Waals surface area contributed by atoms with Crippen LogP contribution in [0.3, 0.4) is 0 Å². The van der Waals surface area contributed by atoms with Crippen molar-refractivity contribution >= 4 is 38.7 Å². The molecule has 4 rings (SSSR count). The molecule has 1 aliphatic rings. The number of para-hydroxylation sites is 1. The van der Waals surface area contributed by atoms with E-state index in [1.54, 1.807) is 18.2 Å². The van der Waals surface area contributed by atoms with E-state index in [0.29, 0.717) is 5.69 Å². The van der Waals surface area contributed by atoms with Gasteiger partial charge in [-0.3, -0.25) is 19.7 Å². The standard InChI is InChI=1S/C21H17N3O7S/c25-20(22-14-7-9-15(10-8-14)24(27)28)13-23-16-4-1-2-6-18(16)32(29,30)19(12-21(23)26)17-5-3-11-31-17/h1-11,19H,12-13H2,(H,22,25). The van der Waals surface area contributed by atoms with E-state index in [2.05, 4.69) is 5.32 Å². The first-order valence-corrected chi connectivity index (χ1v) is 11.0. The van der Waals surface area contributed by atoms with Gasteiger partial charge < -0.3 is 14.6 Å². The van der Waals surface area contributed by atoms with Crippen LogP contribution in [0.5, 0.6) is 0 Å². The summed E-state index contributed by atoms with van der Waals surface area (Å²) in [7, 11) is -3.97. The smallest absolute Gasteiger partial charge is 0.269 e. The van der Waals surface area contributed by atoms with Crippen LogP contribution in [0.4, 0.5) is 17.1 Å². The van der Waals surface area contributed by atoms with E-state index in [4.69, 9.17) is 4.42 Å². The van der Waals surface area contributed by atoms with Gasteiger partial charge in [-0.1, -0.05) is 12.1 Å². The van der Waals surface area contributed by atoms with E-state index >= 15 is 0 Å². The van der Waals surface area contributed by atoms with E-state index in [9.17, 15) is 28.1 Å². The predicted molar refractivity (Wildman–Crippen MR) is 114 cm³/mol. The fourth-order valence-electron chi connectivity index (χ4n) is 3.50. The molecule has 1 aromatic heterocycles. The molecule has 32 heavy (non-hydrogen) atoms. The minimum atomic E-state index is -3.97. The molecule has 1 aliphatic heterocycles. The van der Waals surface area contributed by atoms with Crippen molar-refractivity contribution in [3.05, 3.63) is 82.8 Å². The largest absolute Gasteiger partial charge is 0.468 e. The second kappa shape index (κ2) is 8.27. The molecule has 3 aromatic rings. The van der Waals surface area contributed by atoms with Gasteiger partial charge in [-0.2, -0.15) is 0 Å². The van der Waals surface area contributed by atoms with Gasteiger partial charge in [0.15, 0.2) is 9.84 Å². The van der Waals surface area contributed by atoms with E-state index in [0.717, 1.165) is 4.90 Å². The average Bonchev–Trinajstić information content (AvgIpc) is 3.28. The number of carbonyl (C=O) groups excluding carboxylic acids is 2. The van der Waals surface area contributed by atoms with Gasteiger partial charge in [0, 0.05) is 17.8 Å². The minimum Gasteiger partial charge on any atom is -0.468 e. The van der Waals surface area contributed by atoms with Crippen LogP contribution in [0.25, 0.3) is 0 Å². The molecule has 2 amide bonds. The Bertz CT molecular complexity index is 1290. The summed E-state index contributed by atoms with van der Waals surface area (Å²) >= 11 is 0. The van der Waals surface area contributed by atoms with Gasteiger partial charge in [-0.15, -0.1) is 0 Å². The molecule has 0 aliphatic carbocycles. The summed E-state index contributed by atoms with van der Waals surface area (Å²) in [6, 6.07) is 14.2. The van der Waals surface area contributed by atoms with Gasteiger partial charge in [0.05, 0.1) is 28.2 Å². The Balaban J connectivity index is 1.63. The van der Waals surface area contributed by atoms with Gasteiger partial charge in [0.25, 0.3) is 5.69 Å². The summed E-state index contributed by atoms with van der Waals surface area (Å²) in [6.07, 6.45) is 0.941. The SMILES string of the molecule is O=C(CN1C(=O)CC(c2ccco2)S(=O)(=O)c2ccccc21)Nc1ccc([N+](=O)[O-])cc1. The molecule has 0 fully saturated rings. The quantitative estimate of drug-likeness (QED) is 0.460. The number of non-ortho nitro benzene ring substituents is 1. The molecule has 10 nitrogen and oxygen atoms in total. The number of rotatable bonds is 5. The van der Waals surface area contributed by atoms with Crippen LogP contribution in [0.2, 0.25) is 0 Å². The molecule has 11 heteroatoms. The molecule has 0 bridgehead atoms. The highest BCUT2D eigenvalue weighted by molar-refractivity contribution is 7.91. The highest BCUT2D eigenvalue weighted by atomic mass is 32.2. The van der Waals surface area contributed by atoms with Gasteiger partial charge >= 0.3 is 0 Å². The lowest BCUT2D eigenvalue weighted by Crippen LogP contribution is -2.38. The lowest BCUT2D eigenvalue weighted by Gasteiger charge is -2.21. The second-order valence-electron chi connectivity index (χ2n) is 7.05. The third-order valence-electron chi connectivity index (χ3n) is 5.02. The summed E-state index contributed by atoms with van der Waals surface area (Å²) in [6.45, 7) is -0.437. The maximum atomic E-state index is 13.3. The number of amides is 2. The number of carbonyl (C=O) groups is 2. The molecule has 0 saturated carbocycles. The highest BCUT2D eigenvalue weighted by Gasteiger charge is 2.41. The number of nitro groups is 1. The van der Waals surface area contributed by atoms with Gasteiger partial charge in [0.2, 0.25) is 11.8 Å². The van der Waals surface area contributed by atoms with Crippen LogP contribution in [0.15, 0.2) is 76.2 Å². The van der Waals surface area contributed by atoms with Gasteiger partial charge in [0.1, 0.15) is 17.6 Å². The zero-order valence-corrected chi connectivity index (χ0v) is 17.3. The van der Waals surface area contributed by atoms with E-state index in [-0.39, 0.29) is 22.0 Å². The van der Waals surface area contributed by atoms with Crippen LogP contribution in [0.1, 0.15) is 17.4 Å². The maximum absolute atomic E-state index is 13.3. The molecule has 0 radical (unpaired) electrons. The number of nitrogens with one attached hydrogen (secondary N) is 1. The number of sulfone groups is 1. The van der Waals surface area contributed by atoms with Crippen molar-refractivity contribution in [3.8, 4) is 0 Å². The predicted octanol–water partition coefficient (Wildman–Crippen LogP) is 3.08. The van der Waals surface area contributed by atoms with Crippen LogP contribution in [-0.2, 0) is 19.4 Å². The molecule has 1 N–H and O–H groups in total. The first-order chi connectivity index (χ1) is 15.3. The number of anilines is 2. The molecule has 164 valence electrons. The lowest BCUT2D eigenvalue weighted by atomic mass is 10.2. The van der Waals surface area contributed by atoms with Crippen LogP contribution in [0, 0.1) is 10.1 Å². The zero-order chi connectivity index (χ0) is 22.9. The minimum absolute atomic E-state index is 0.0737. The Hall–Kier alpha value is -3.99. The Kier molecular flexibility index (Phi) is 5.49. The van der Waals surface area contributed by atoms with Crippen LogP contribution < -0.4 is 10.2 Å². The summed E-state index contributed by atoms with van der Waals surface area (Å²) < 4.78 is 31.8. The van der Waals surface area contributed by atoms with Crippen molar-refractivity contribution in [2.24, 2.45) is 0 Å². The van der Waals surface area contributed by atoms with E-state index in [1.165, 1.54) is 48.7 Å². The summed E-state index contributed by atoms with van der Waals surface area (Å²) in [5.74, 6) is -1.00. The highest BCUT2D eigenvalue weighted by Crippen LogP contribution is 2.40. The van der Waals surface area contributed by atoms with Crippen LogP contribution >= 0.6 is 0 Å². The third kappa shape index (κ3) is 3.97. The number of nitro benzene ring substituents is 1. The van der Waals surface area contributed by atoms with Gasteiger partial charge in [-0.05, 0) is 36.4 Å². The Morgan fingerprint density at radius 1 is 1.12 bits per heavy atom. The fourth-order valence-corrected chi connectivity index (χ4v) is 5.35. The van der Waals surface area contributed by atoms with Crippen molar-refractivity contribution in [1.29, 1.82) is 0 Å². The van der Waals surface area contributed by atoms with Crippen molar-refractivity contribution in [2.45, 2.75) is 16.6 Å². The lowest BCUT2D eigenvalue weighted by molar-refractivity contribution is -0.384. The molecule has 2 aromatic carbocycles. The Morgan fingerprint density at radius 2 is 1.84 bits per heavy atom. The molecule has 0 saturated heterocycles. The average molecular weight is 455 g/mol. The topological polar surface area (TPSA) is 140 Å². The van der Waals surface area contributed by atoms with Gasteiger partial charge in [-0.25, -0.2) is 8.42 Å². The molecule has 2 heterocycles. The summed E-state index contributed by atoms with van der Waals surface area (Å²) in [5.41, 5.74) is 0.274. The Labute approximate surface area is 182 Å². The second-order valence-corrected chi connectivity index (χ2v) is 9.15. The van der Waals surface area contributed by atoms with Crippen molar-refractivity contribution in [2.75, 3.05) is 16.8 Å². The van der Waals surface area contributed by atoms with Crippen molar-refractivity contribution < 1.29 is 27.3 Å². The number of benzene rings is 2. The van der Waals surface area contributed by atoms with Crippen molar-refractivity contribution in [1.82, 2.24) is 0 Å².